The van der Waals surface area contributed by atoms with Gasteiger partial charge in [-0.25, -0.2) is 9.97 Å². The minimum absolute atomic E-state index is 0.0132. The Bertz CT molecular complexity index is 653. The second kappa shape index (κ2) is 5.68. The molecule has 1 aromatic heterocycles. The van der Waals surface area contributed by atoms with Crippen LogP contribution in [0.2, 0.25) is 10.2 Å². The van der Waals surface area contributed by atoms with Crippen molar-refractivity contribution < 1.29 is 4.92 Å². The quantitative estimate of drug-likeness (QED) is 0.502. The summed E-state index contributed by atoms with van der Waals surface area (Å²) >= 11 is 14.8. The van der Waals surface area contributed by atoms with Crippen LogP contribution in [0.3, 0.4) is 0 Å². The molecule has 6 nitrogen and oxygen atoms in total. The highest BCUT2D eigenvalue weighted by atomic mass is 79.9. The number of anilines is 2. The number of halogens is 3. The number of hydrogen-bond donors (Lipinski definition) is 1. The van der Waals surface area contributed by atoms with Gasteiger partial charge in [0.25, 0.3) is 0 Å². The summed E-state index contributed by atoms with van der Waals surface area (Å²) in [6.07, 6.45) is 1.14. The average molecular weight is 364 g/mol. The van der Waals surface area contributed by atoms with Gasteiger partial charge < -0.3 is 5.32 Å². The van der Waals surface area contributed by atoms with Crippen LogP contribution < -0.4 is 5.32 Å². The molecule has 1 aromatic carbocycles. The normalized spacial score (nSPS) is 10.3. The lowest BCUT2D eigenvalue weighted by molar-refractivity contribution is -0.384. The first-order chi connectivity index (χ1) is 8.99. The maximum atomic E-state index is 10.9. The number of rotatable bonds is 3. The van der Waals surface area contributed by atoms with Crippen molar-refractivity contribution in [3.05, 3.63) is 49.3 Å². The maximum Gasteiger partial charge on any atom is 0.348 e. The van der Waals surface area contributed by atoms with Crippen LogP contribution in [0.5, 0.6) is 0 Å². The fourth-order valence-electron chi connectivity index (χ4n) is 1.32. The van der Waals surface area contributed by atoms with Gasteiger partial charge in [0.2, 0.25) is 11.0 Å². The Hall–Kier alpha value is -1.44. The van der Waals surface area contributed by atoms with Crippen LogP contribution >= 0.6 is 39.1 Å². The standard InChI is InChI=1S/C10H5BrCl2N4O2/c11-6-3-5(1-2-7(6)12)16-10-8(17(18)19)9(13)14-4-15-10/h1-4H,(H,14,15,16). The number of benzene rings is 1. The van der Waals surface area contributed by atoms with Crippen molar-refractivity contribution in [2.45, 2.75) is 0 Å². The molecule has 19 heavy (non-hydrogen) atoms. The number of nitrogens with one attached hydrogen (secondary N) is 1. The Balaban J connectivity index is 2.40. The lowest BCUT2D eigenvalue weighted by Gasteiger charge is -2.07. The Morgan fingerprint density at radius 3 is 2.68 bits per heavy atom. The molecule has 0 aliphatic heterocycles. The predicted molar refractivity (Wildman–Crippen MR) is 76.1 cm³/mol. The second-order valence-electron chi connectivity index (χ2n) is 3.37. The van der Waals surface area contributed by atoms with E-state index in [1.54, 1.807) is 18.2 Å². The molecule has 98 valence electrons. The van der Waals surface area contributed by atoms with Crippen LogP contribution in [0.25, 0.3) is 0 Å². The molecular weight excluding hydrogens is 359 g/mol. The third kappa shape index (κ3) is 3.12. The van der Waals surface area contributed by atoms with Crippen LogP contribution in [-0.2, 0) is 0 Å². The molecule has 0 amide bonds. The van der Waals surface area contributed by atoms with E-state index in [1.807, 2.05) is 0 Å². The number of nitro groups is 1. The first-order valence-electron chi connectivity index (χ1n) is 4.86. The fraction of sp³-hybridized carbons (Fsp3) is 0. The zero-order valence-corrected chi connectivity index (χ0v) is 12.2. The van der Waals surface area contributed by atoms with E-state index in [2.05, 4.69) is 31.2 Å². The molecule has 0 saturated carbocycles. The molecule has 0 saturated heterocycles. The maximum absolute atomic E-state index is 10.9. The van der Waals surface area contributed by atoms with Crippen molar-refractivity contribution in [3.63, 3.8) is 0 Å². The van der Waals surface area contributed by atoms with Crippen LogP contribution in [-0.4, -0.2) is 14.9 Å². The van der Waals surface area contributed by atoms with Crippen LogP contribution in [0, 0.1) is 10.1 Å². The lowest BCUT2D eigenvalue weighted by atomic mass is 10.3. The van der Waals surface area contributed by atoms with E-state index in [4.69, 9.17) is 23.2 Å². The molecule has 0 spiro atoms. The lowest BCUT2D eigenvalue weighted by Crippen LogP contribution is -2.01. The summed E-state index contributed by atoms with van der Waals surface area (Å²) in [5.74, 6) is 0.0132. The van der Waals surface area contributed by atoms with Crippen molar-refractivity contribution in [1.29, 1.82) is 0 Å². The number of nitrogens with zero attached hydrogens (tertiary/aromatic N) is 3. The van der Waals surface area contributed by atoms with Gasteiger partial charge in [0.15, 0.2) is 0 Å². The first kappa shape index (κ1) is 14.0. The summed E-state index contributed by atoms with van der Waals surface area (Å²) in [5.41, 5.74) is 0.199. The largest absolute Gasteiger partial charge is 0.348 e. The third-order valence-corrected chi connectivity index (χ3v) is 3.63. The second-order valence-corrected chi connectivity index (χ2v) is 4.99. The van der Waals surface area contributed by atoms with E-state index in [9.17, 15) is 10.1 Å². The summed E-state index contributed by atoms with van der Waals surface area (Å²) < 4.78 is 0.655. The van der Waals surface area contributed by atoms with Gasteiger partial charge in [0, 0.05) is 10.2 Å². The summed E-state index contributed by atoms with van der Waals surface area (Å²) in [5, 5.41) is 14.0. The SMILES string of the molecule is O=[N+]([O-])c1c(Cl)ncnc1Nc1ccc(Cl)c(Br)c1. The van der Waals surface area contributed by atoms with Gasteiger partial charge in [0.05, 0.1) is 9.95 Å². The van der Waals surface area contributed by atoms with Crippen molar-refractivity contribution in [2.24, 2.45) is 0 Å². The van der Waals surface area contributed by atoms with Gasteiger partial charge in [-0.1, -0.05) is 23.2 Å². The first-order valence-corrected chi connectivity index (χ1v) is 6.41. The van der Waals surface area contributed by atoms with Crippen molar-refractivity contribution >= 4 is 56.3 Å². The molecule has 9 heteroatoms. The highest BCUT2D eigenvalue weighted by molar-refractivity contribution is 9.10. The summed E-state index contributed by atoms with van der Waals surface area (Å²) in [4.78, 5) is 17.7. The monoisotopic (exact) mass is 362 g/mol. The molecule has 1 N–H and O–H groups in total. The molecule has 0 unspecified atom stereocenters. The van der Waals surface area contributed by atoms with Crippen molar-refractivity contribution in [2.75, 3.05) is 5.32 Å². The Morgan fingerprint density at radius 1 is 1.32 bits per heavy atom. The van der Waals surface area contributed by atoms with Gasteiger partial charge in [-0.15, -0.1) is 0 Å². The van der Waals surface area contributed by atoms with E-state index >= 15 is 0 Å². The van der Waals surface area contributed by atoms with Crippen LogP contribution in [0.15, 0.2) is 29.0 Å². The summed E-state index contributed by atoms with van der Waals surface area (Å²) in [6, 6.07) is 4.97. The highest BCUT2D eigenvalue weighted by Gasteiger charge is 2.21. The number of aromatic nitrogens is 2. The van der Waals surface area contributed by atoms with Gasteiger partial charge in [-0.05, 0) is 34.1 Å². The van der Waals surface area contributed by atoms with Crippen molar-refractivity contribution in [1.82, 2.24) is 9.97 Å². The van der Waals surface area contributed by atoms with Crippen LogP contribution in [0.4, 0.5) is 17.2 Å². The molecule has 0 radical (unpaired) electrons. The van der Waals surface area contributed by atoms with E-state index < -0.39 is 4.92 Å². The molecule has 0 aliphatic rings. The molecule has 0 atom stereocenters. The van der Waals surface area contributed by atoms with Gasteiger partial charge in [-0.3, -0.25) is 10.1 Å². The zero-order valence-electron chi connectivity index (χ0n) is 9.10. The molecule has 0 fully saturated rings. The van der Waals surface area contributed by atoms with E-state index in [0.717, 1.165) is 6.33 Å². The summed E-state index contributed by atoms with van der Waals surface area (Å²) in [6.45, 7) is 0. The van der Waals surface area contributed by atoms with Gasteiger partial charge in [-0.2, -0.15) is 0 Å². The van der Waals surface area contributed by atoms with E-state index in [0.29, 0.717) is 15.2 Å². The number of hydrogen-bond acceptors (Lipinski definition) is 5. The Kier molecular flexibility index (Phi) is 4.18. The smallest absolute Gasteiger partial charge is 0.334 e. The van der Waals surface area contributed by atoms with E-state index in [-0.39, 0.29) is 16.7 Å². The topological polar surface area (TPSA) is 81.0 Å². The minimum atomic E-state index is -0.643. The predicted octanol–water partition coefficient (Wildman–Crippen LogP) is 4.20. The molecule has 2 rings (SSSR count). The zero-order chi connectivity index (χ0) is 14.0. The molecule has 2 aromatic rings. The molecular formula is C10H5BrCl2N4O2. The molecule has 1 heterocycles. The fourth-order valence-corrected chi connectivity index (χ4v) is 2.02. The third-order valence-electron chi connectivity index (χ3n) is 2.14. The van der Waals surface area contributed by atoms with E-state index in [1.165, 1.54) is 0 Å². The molecule has 0 aliphatic carbocycles. The van der Waals surface area contributed by atoms with Gasteiger partial charge in [0.1, 0.15) is 6.33 Å². The minimum Gasteiger partial charge on any atom is -0.334 e. The summed E-state index contributed by atoms with van der Waals surface area (Å²) in [7, 11) is 0. The highest BCUT2D eigenvalue weighted by Crippen LogP contribution is 2.32. The average Bonchev–Trinajstić information content (AvgIpc) is 2.33. The van der Waals surface area contributed by atoms with Crippen LogP contribution in [0.1, 0.15) is 0 Å². The Morgan fingerprint density at radius 2 is 2.05 bits per heavy atom. The van der Waals surface area contributed by atoms with Crippen molar-refractivity contribution in [3.8, 4) is 0 Å². The van der Waals surface area contributed by atoms with Gasteiger partial charge >= 0.3 is 5.69 Å². The molecule has 0 bridgehead atoms. The Labute approximate surface area is 126 Å².